The fraction of sp³-hybridized carbons (Fsp3) is 0.357. The molecule has 0 aliphatic carbocycles. The summed E-state index contributed by atoms with van der Waals surface area (Å²) >= 11 is 0. The Morgan fingerprint density at radius 3 is 2.72 bits per heavy atom. The van der Waals surface area contributed by atoms with Crippen LogP contribution in [0.1, 0.15) is 10.4 Å². The Balaban J connectivity index is 1.82. The van der Waals surface area contributed by atoms with Gasteiger partial charge in [0.25, 0.3) is 5.91 Å². The molecule has 0 radical (unpaired) electrons. The lowest BCUT2D eigenvalue weighted by atomic mass is 10.1. The molecular weight excluding hydrogens is 226 g/mol. The Hall–Kier alpha value is -1.81. The van der Waals surface area contributed by atoms with Gasteiger partial charge in [-0.2, -0.15) is 0 Å². The Morgan fingerprint density at radius 1 is 1.17 bits per heavy atom. The SMILES string of the molecule is CN1CCN(C(=O)c2ccc3cc[nH]c3c2)CC1. The first-order valence-corrected chi connectivity index (χ1v) is 6.29. The molecule has 3 rings (SSSR count). The largest absolute Gasteiger partial charge is 0.361 e. The molecule has 4 nitrogen and oxygen atoms in total. The molecule has 2 aromatic rings. The van der Waals surface area contributed by atoms with Crippen LogP contribution in [0.15, 0.2) is 30.5 Å². The van der Waals surface area contributed by atoms with Crippen molar-refractivity contribution in [3.8, 4) is 0 Å². The molecule has 1 saturated heterocycles. The second-order valence-corrected chi connectivity index (χ2v) is 4.88. The molecule has 1 N–H and O–H groups in total. The number of carbonyl (C=O) groups is 1. The van der Waals surface area contributed by atoms with Crippen molar-refractivity contribution in [2.24, 2.45) is 0 Å². The minimum Gasteiger partial charge on any atom is -0.361 e. The van der Waals surface area contributed by atoms with E-state index < -0.39 is 0 Å². The average molecular weight is 243 g/mol. The minimum atomic E-state index is 0.139. The van der Waals surface area contributed by atoms with E-state index in [-0.39, 0.29) is 5.91 Å². The molecule has 4 heteroatoms. The van der Waals surface area contributed by atoms with Gasteiger partial charge in [0.1, 0.15) is 0 Å². The number of carbonyl (C=O) groups excluding carboxylic acids is 1. The summed E-state index contributed by atoms with van der Waals surface area (Å²) in [5.41, 5.74) is 1.80. The lowest BCUT2D eigenvalue weighted by Crippen LogP contribution is -2.47. The number of hydrogen-bond donors (Lipinski definition) is 1. The maximum absolute atomic E-state index is 12.4. The predicted molar refractivity (Wildman–Crippen MR) is 71.7 cm³/mol. The molecule has 1 aromatic carbocycles. The van der Waals surface area contributed by atoms with Gasteiger partial charge in [-0.3, -0.25) is 4.79 Å². The van der Waals surface area contributed by atoms with Crippen LogP contribution in [-0.2, 0) is 0 Å². The summed E-state index contributed by atoms with van der Waals surface area (Å²) in [5.74, 6) is 0.139. The van der Waals surface area contributed by atoms with Crippen LogP contribution >= 0.6 is 0 Å². The number of nitrogens with zero attached hydrogens (tertiary/aromatic N) is 2. The number of hydrogen-bond acceptors (Lipinski definition) is 2. The highest BCUT2D eigenvalue weighted by molar-refractivity contribution is 5.98. The number of H-pyrrole nitrogens is 1. The number of amides is 1. The predicted octanol–water partition coefficient (Wildman–Crippen LogP) is 1.56. The van der Waals surface area contributed by atoms with Crippen molar-refractivity contribution < 1.29 is 4.79 Å². The van der Waals surface area contributed by atoms with Gasteiger partial charge in [0.15, 0.2) is 0 Å². The lowest BCUT2D eigenvalue weighted by molar-refractivity contribution is 0.0664. The van der Waals surface area contributed by atoms with E-state index in [1.54, 1.807) is 0 Å². The Kier molecular flexibility index (Phi) is 2.80. The first kappa shape index (κ1) is 11.3. The van der Waals surface area contributed by atoms with Crippen LogP contribution in [0.2, 0.25) is 0 Å². The van der Waals surface area contributed by atoms with Crippen molar-refractivity contribution in [3.63, 3.8) is 0 Å². The molecule has 1 amide bonds. The van der Waals surface area contributed by atoms with Crippen molar-refractivity contribution in [2.45, 2.75) is 0 Å². The van der Waals surface area contributed by atoms with Gasteiger partial charge >= 0.3 is 0 Å². The van der Waals surface area contributed by atoms with Crippen molar-refractivity contribution >= 4 is 16.8 Å². The Morgan fingerprint density at radius 2 is 1.94 bits per heavy atom. The zero-order chi connectivity index (χ0) is 12.5. The van der Waals surface area contributed by atoms with Crippen molar-refractivity contribution in [1.29, 1.82) is 0 Å². The Bertz CT molecular complexity index is 567. The van der Waals surface area contributed by atoms with Crippen molar-refractivity contribution in [2.75, 3.05) is 33.2 Å². The lowest BCUT2D eigenvalue weighted by Gasteiger charge is -2.32. The van der Waals surface area contributed by atoms with E-state index in [9.17, 15) is 4.79 Å². The smallest absolute Gasteiger partial charge is 0.254 e. The van der Waals surface area contributed by atoms with Crippen LogP contribution in [0.4, 0.5) is 0 Å². The van der Waals surface area contributed by atoms with Gasteiger partial charge in [0.2, 0.25) is 0 Å². The molecule has 1 aliphatic heterocycles. The molecule has 0 saturated carbocycles. The van der Waals surface area contributed by atoms with Crippen LogP contribution in [0.25, 0.3) is 10.9 Å². The third kappa shape index (κ3) is 1.99. The highest BCUT2D eigenvalue weighted by Crippen LogP contribution is 2.16. The zero-order valence-electron chi connectivity index (χ0n) is 10.5. The zero-order valence-corrected chi connectivity index (χ0v) is 10.5. The number of likely N-dealkylation sites (N-methyl/N-ethyl adjacent to an activating group) is 1. The molecular formula is C14H17N3O. The molecule has 1 aliphatic rings. The molecule has 0 bridgehead atoms. The van der Waals surface area contributed by atoms with Gasteiger partial charge in [-0.05, 0) is 30.6 Å². The van der Waals surface area contributed by atoms with Gasteiger partial charge in [0, 0.05) is 43.5 Å². The van der Waals surface area contributed by atoms with Crippen LogP contribution in [0.5, 0.6) is 0 Å². The molecule has 0 spiro atoms. The standard InChI is InChI=1S/C14H17N3O/c1-16-6-8-17(9-7-16)14(18)12-3-2-11-4-5-15-13(11)10-12/h2-5,10,15H,6-9H2,1H3. The van der Waals surface area contributed by atoms with E-state index in [1.807, 2.05) is 35.4 Å². The number of nitrogens with one attached hydrogen (secondary N) is 1. The average Bonchev–Trinajstić information content (AvgIpc) is 2.86. The quantitative estimate of drug-likeness (QED) is 0.825. The number of benzene rings is 1. The number of fused-ring (bicyclic) bond motifs is 1. The fourth-order valence-corrected chi connectivity index (χ4v) is 2.37. The van der Waals surface area contributed by atoms with E-state index in [1.165, 1.54) is 0 Å². The number of piperazine rings is 1. The van der Waals surface area contributed by atoms with Crippen molar-refractivity contribution in [3.05, 3.63) is 36.0 Å². The number of aromatic nitrogens is 1. The van der Waals surface area contributed by atoms with Crippen molar-refractivity contribution in [1.82, 2.24) is 14.8 Å². The Labute approximate surface area is 106 Å². The monoisotopic (exact) mass is 243 g/mol. The van der Waals surface area contributed by atoms with E-state index in [0.717, 1.165) is 42.6 Å². The molecule has 0 unspecified atom stereocenters. The summed E-state index contributed by atoms with van der Waals surface area (Å²) in [7, 11) is 2.09. The first-order chi connectivity index (χ1) is 8.74. The first-order valence-electron chi connectivity index (χ1n) is 6.29. The highest BCUT2D eigenvalue weighted by Gasteiger charge is 2.20. The third-order valence-electron chi connectivity index (χ3n) is 3.59. The summed E-state index contributed by atoms with van der Waals surface area (Å²) in [5, 5.41) is 1.14. The fourth-order valence-electron chi connectivity index (χ4n) is 2.37. The second-order valence-electron chi connectivity index (χ2n) is 4.88. The summed E-state index contributed by atoms with van der Waals surface area (Å²) < 4.78 is 0. The molecule has 1 fully saturated rings. The van der Waals surface area contributed by atoms with E-state index in [4.69, 9.17) is 0 Å². The topological polar surface area (TPSA) is 39.3 Å². The van der Waals surface area contributed by atoms with Gasteiger partial charge in [-0.15, -0.1) is 0 Å². The normalized spacial score (nSPS) is 17.3. The van der Waals surface area contributed by atoms with Gasteiger partial charge < -0.3 is 14.8 Å². The van der Waals surface area contributed by atoms with Gasteiger partial charge in [0.05, 0.1) is 0 Å². The summed E-state index contributed by atoms with van der Waals surface area (Å²) in [6.07, 6.45) is 1.90. The highest BCUT2D eigenvalue weighted by atomic mass is 16.2. The number of rotatable bonds is 1. The molecule has 1 aromatic heterocycles. The molecule has 2 heterocycles. The van der Waals surface area contributed by atoms with Crippen LogP contribution < -0.4 is 0 Å². The van der Waals surface area contributed by atoms with E-state index in [2.05, 4.69) is 16.9 Å². The number of aromatic amines is 1. The van der Waals surface area contributed by atoms with E-state index in [0.29, 0.717) is 0 Å². The van der Waals surface area contributed by atoms with Crippen LogP contribution in [-0.4, -0.2) is 53.9 Å². The van der Waals surface area contributed by atoms with E-state index >= 15 is 0 Å². The molecule has 94 valence electrons. The second kappa shape index (κ2) is 4.46. The molecule has 0 atom stereocenters. The summed E-state index contributed by atoms with van der Waals surface area (Å²) in [4.78, 5) is 19.7. The maximum atomic E-state index is 12.4. The summed E-state index contributed by atoms with van der Waals surface area (Å²) in [6.45, 7) is 3.54. The molecule has 18 heavy (non-hydrogen) atoms. The summed E-state index contributed by atoms with van der Waals surface area (Å²) in [6, 6.07) is 7.86. The maximum Gasteiger partial charge on any atom is 0.254 e. The third-order valence-corrected chi connectivity index (χ3v) is 3.59. The van der Waals surface area contributed by atoms with Gasteiger partial charge in [-0.1, -0.05) is 6.07 Å². The minimum absolute atomic E-state index is 0.139. The van der Waals surface area contributed by atoms with Crippen LogP contribution in [0, 0.1) is 0 Å². The van der Waals surface area contributed by atoms with Crippen LogP contribution in [0.3, 0.4) is 0 Å². The van der Waals surface area contributed by atoms with Gasteiger partial charge in [-0.25, -0.2) is 0 Å².